The van der Waals surface area contributed by atoms with Crippen LogP contribution in [0.15, 0.2) is 12.1 Å². The van der Waals surface area contributed by atoms with E-state index in [0.717, 1.165) is 30.4 Å². The van der Waals surface area contributed by atoms with Crippen molar-refractivity contribution in [1.29, 1.82) is 0 Å². The van der Waals surface area contributed by atoms with Gasteiger partial charge in [-0.2, -0.15) is 0 Å². The van der Waals surface area contributed by atoms with Crippen LogP contribution in [0.4, 0.5) is 10.5 Å². The average molecular weight is 367 g/mol. The van der Waals surface area contributed by atoms with Gasteiger partial charge >= 0.3 is 6.03 Å². The normalized spacial score (nSPS) is 26.7. The number of amides is 2. The van der Waals surface area contributed by atoms with Gasteiger partial charge < -0.3 is 19.7 Å². The van der Waals surface area contributed by atoms with Crippen LogP contribution < -0.4 is 5.32 Å². The summed E-state index contributed by atoms with van der Waals surface area (Å²) in [5.41, 5.74) is 2.88. The Bertz CT molecular complexity index is 637. The third-order valence-electron chi connectivity index (χ3n) is 5.55. The van der Waals surface area contributed by atoms with Crippen molar-refractivity contribution in [1.82, 2.24) is 4.90 Å². The monoisotopic (exact) mass is 366 g/mol. The van der Waals surface area contributed by atoms with Crippen molar-refractivity contribution in [3.05, 3.63) is 28.3 Å². The summed E-state index contributed by atoms with van der Waals surface area (Å²) in [5, 5.41) is 3.56. The SMILES string of the molecule is COC1CCCC1C1COCCN1C(=O)Nc1cc(C)c(C)cc1Cl. The zero-order chi connectivity index (χ0) is 18.0. The summed E-state index contributed by atoms with van der Waals surface area (Å²) >= 11 is 6.32. The molecule has 1 saturated carbocycles. The van der Waals surface area contributed by atoms with E-state index in [9.17, 15) is 4.79 Å². The van der Waals surface area contributed by atoms with Crippen molar-refractivity contribution in [2.24, 2.45) is 5.92 Å². The maximum absolute atomic E-state index is 12.9. The minimum atomic E-state index is -0.111. The van der Waals surface area contributed by atoms with Crippen LogP contribution in [0, 0.1) is 19.8 Å². The average Bonchev–Trinajstić information content (AvgIpc) is 3.08. The Morgan fingerprint density at radius 2 is 2.08 bits per heavy atom. The number of anilines is 1. The largest absolute Gasteiger partial charge is 0.381 e. The van der Waals surface area contributed by atoms with Crippen molar-refractivity contribution in [3.63, 3.8) is 0 Å². The third-order valence-corrected chi connectivity index (χ3v) is 5.86. The van der Waals surface area contributed by atoms with Gasteiger partial charge in [0.15, 0.2) is 0 Å². The fourth-order valence-electron chi connectivity index (χ4n) is 3.98. The number of rotatable bonds is 3. The van der Waals surface area contributed by atoms with Gasteiger partial charge in [0, 0.05) is 19.6 Å². The number of urea groups is 1. The minimum Gasteiger partial charge on any atom is -0.381 e. The van der Waals surface area contributed by atoms with Gasteiger partial charge in [0.2, 0.25) is 0 Å². The fourth-order valence-corrected chi connectivity index (χ4v) is 4.25. The molecule has 1 N–H and O–H groups in total. The highest BCUT2D eigenvalue weighted by Gasteiger charge is 2.40. The molecule has 0 bridgehead atoms. The number of hydrogen-bond acceptors (Lipinski definition) is 3. The highest BCUT2D eigenvalue weighted by Crippen LogP contribution is 2.34. The first-order valence-corrected chi connectivity index (χ1v) is 9.34. The van der Waals surface area contributed by atoms with Crippen LogP contribution in [0.25, 0.3) is 0 Å². The summed E-state index contributed by atoms with van der Waals surface area (Å²) in [6.45, 7) is 5.75. The number of methoxy groups -OCH3 is 1. The van der Waals surface area contributed by atoms with E-state index in [1.807, 2.05) is 30.9 Å². The van der Waals surface area contributed by atoms with E-state index < -0.39 is 0 Å². The predicted molar refractivity (Wildman–Crippen MR) is 99.4 cm³/mol. The second-order valence-electron chi connectivity index (χ2n) is 7.05. The molecule has 3 unspecified atom stereocenters. The molecule has 0 radical (unpaired) electrons. The Hall–Kier alpha value is -1.30. The van der Waals surface area contributed by atoms with Crippen LogP contribution in [-0.4, -0.2) is 49.9 Å². The van der Waals surface area contributed by atoms with Gasteiger partial charge in [-0.15, -0.1) is 0 Å². The first-order valence-electron chi connectivity index (χ1n) is 8.96. The number of hydrogen-bond donors (Lipinski definition) is 1. The number of carbonyl (C=O) groups excluding carboxylic acids is 1. The van der Waals surface area contributed by atoms with Gasteiger partial charge in [-0.05, 0) is 49.9 Å². The summed E-state index contributed by atoms with van der Waals surface area (Å²) in [6, 6.07) is 3.76. The number of ether oxygens (including phenoxy) is 2. The fraction of sp³-hybridized carbons (Fsp3) is 0.632. The first kappa shape index (κ1) is 18.5. The van der Waals surface area contributed by atoms with Crippen molar-refractivity contribution < 1.29 is 14.3 Å². The number of nitrogens with zero attached hydrogens (tertiary/aromatic N) is 1. The number of morpholine rings is 1. The lowest BCUT2D eigenvalue weighted by atomic mass is 9.94. The number of nitrogens with one attached hydrogen (secondary N) is 1. The minimum absolute atomic E-state index is 0.0477. The van der Waals surface area contributed by atoms with Gasteiger partial charge in [0.1, 0.15) is 0 Å². The summed E-state index contributed by atoms with van der Waals surface area (Å²) in [4.78, 5) is 14.8. The molecule has 3 atom stereocenters. The van der Waals surface area contributed by atoms with Crippen LogP contribution in [0.5, 0.6) is 0 Å². The Morgan fingerprint density at radius 3 is 2.84 bits per heavy atom. The summed E-state index contributed by atoms with van der Waals surface area (Å²) in [7, 11) is 1.76. The molecule has 25 heavy (non-hydrogen) atoms. The van der Waals surface area contributed by atoms with Gasteiger partial charge in [-0.1, -0.05) is 18.0 Å². The van der Waals surface area contributed by atoms with E-state index >= 15 is 0 Å². The molecular formula is C19H27ClN2O3. The quantitative estimate of drug-likeness (QED) is 0.879. The van der Waals surface area contributed by atoms with E-state index in [-0.39, 0.29) is 18.2 Å². The van der Waals surface area contributed by atoms with Gasteiger partial charge in [0.25, 0.3) is 0 Å². The van der Waals surface area contributed by atoms with E-state index in [0.29, 0.717) is 36.4 Å². The Labute approximate surface area is 154 Å². The zero-order valence-electron chi connectivity index (χ0n) is 15.2. The Balaban J connectivity index is 1.76. The van der Waals surface area contributed by atoms with Crippen LogP contribution in [0.1, 0.15) is 30.4 Å². The van der Waals surface area contributed by atoms with Crippen LogP contribution in [0.2, 0.25) is 5.02 Å². The molecule has 1 aliphatic heterocycles. The first-order chi connectivity index (χ1) is 12.0. The third kappa shape index (κ3) is 3.94. The highest BCUT2D eigenvalue weighted by atomic mass is 35.5. The molecule has 1 aromatic carbocycles. The van der Waals surface area contributed by atoms with Gasteiger partial charge in [-0.3, -0.25) is 0 Å². The number of halogens is 1. The lowest BCUT2D eigenvalue weighted by Gasteiger charge is -2.40. The summed E-state index contributed by atoms with van der Waals surface area (Å²) in [6.07, 6.45) is 3.46. The van der Waals surface area contributed by atoms with Crippen molar-refractivity contribution in [3.8, 4) is 0 Å². The molecule has 0 aromatic heterocycles. The second-order valence-corrected chi connectivity index (χ2v) is 7.46. The molecule has 6 heteroatoms. The van der Waals surface area contributed by atoms with Crippen molar-refractivity contribution in [2.45, 2.75) is 45.3 Å². The van der Waals surface area contributed by atoms with Gasteiger partial charge in [0.05, 0.1) is 36.1 Å². The molecule has 2 aliphatic rings. The smallest absolute Gasteiger partial charge is 0.322 e. The number of benzene rings is 1. The summed E-state index contributed by atoms with van der Waals surface area (Å²) < 4.78 is 11.3. The Kier molecular flexibility index (Phi) is 5.87. The van der Waals surface area contributed by atoms with Crippen molar-refractivity contribution in [2.75, 3.05) is 32.2 Å². The zero-order valence-corrected chi connectivity index (χ0v) is 15.9. The van der Waals surface area contributed by atoms with E-state index in [4.69, 9.17) is 21.1 Å². The lowest BCUT2D eigenvalue weighted by Crippen LogP contribution is -2.55. The molecule has 1 aliphatic carbocycles. The predicted octanol–water partition coefficient (Wildman–Crippen LogP) is 4.00. The second kappa shape index (κ2) is 7.94. The molecule has 5 nitrogen and oxygen atoms in total. The molecule has 1 heterocycles. The van der Waals surface area contributed by atoms with E-state index in [2.05, 4.69) is 5.32 Å². The Morgan fingerprint density at radius 1 is 1.32 bits per heavy atom. The summed E-state index contributed by atoms with van der Waals surface area (Å²) in [5.74, 6) is 0.325. The molecule has 1 saturated heterocycles. The van der Waals surface area contributed by atoms with E-state index in [1.54, 1.807) is 7.11 Å². The van der Waals surface area contributed by atoms with Crippen LogP contribution in [0.3, 0.4) is 0 Å². The molecule has 2 amide bonds. The highest BCUT2D eigenvalue weighted by molar-refractivity contribution is 6.33. The molecule has 1 aromatic rings. The van der Waals surface area contributed by atoms with Crippen LogP contribution >= 0.6 is 11.6 Å². The maximum atomic E-state index is 12.9. The van der Waals surface area contributed by atoms with Gasteiger partial charge in [-0.25, -0.2) is 4.79 Å². The van der Waals surface area contributed by atoms with Crippen LogP contribution in [-0.2, 0) is 9.47 Å². The molecule has 2 fully saturated rings. The van der Waals surface area contributed by atoms with E-state index in [1.165, 1.54) is 0 Å². The number of aryl methyl sites for hydroxylation is 2. The molecule has 3 rings (SSSR count). The molecule has 138 valence electrons. The molecular weight excluding hydrogens is 340 g/mol. The topological polar surface area (TPSA) is 50.8 Å². The lowest BCUT2D eigenvalue weighted by molar-refractivity contribution is -0.0379. The maximum Gasteiger partial charge on any atom is 0.322 e. The standard InChI is InChI=1S/C19H27ClN2O3/c1-12-9-15(20)16(10-13(12)2)21-19(23)22-7-8-25-11-17(22)14-5-4-6-18(14)24-3/h9-10,14,17-18H,4-8,11H2,1-3H3,(H,21,23). The molecule has 0 spiro atoms. The van der Waals surface area contributed by atoms with Crippen molar-refractivity contribution >= 4 is 23.3 Å². The number of carbonyl (C=O) groups is 1.